The van der Waals surface area contributed by atoms with Crippen molar-refractivity contribution in [1.82, 2.24) is 35.7 Å². The molecule has 4 heterocycles. The van der Waals surface area contributed by atoms with Crippen molar-refractivity contribution in [3.63, 3.8) is 0 Å². The number of nitrogens with two attached hydrogens (primary N) is 2. The van der Waals surface area contributed by atoms with Crippen molar-refractivity contribution in [2.75, 3.05) is 24.6 Å². The molecular weight excluding hydrogens is 1130 g/mol. The van der Waals surface area contributed by atoms with E-state index in [9.17, 15) is 38.4 Å². The number of carboxylic acids is 1. The van der Waals surface area contributed by atoms with Crippen LogP contribution in [0.5, 0.6) is 0 Å². The van der Waals surface area contributed by atoms with Crippen LogP contribution >= 0.6 is 0 Å². The first-order valence-corrected chi connectivity index (χ1v) is 30.7. The molecule has 8 rings (SSSR count). The summed E-state index contributed by atoms with van der Waals surface area (Å²) in [6.07, 6.45) is 4.31. The molecule has 3 aliphatic rings. The van der Waals surface area contributed by atoms with Gasteiger partial charge in [-0.25, -0.2) is 19.6 Å². The van der Waals surface area contributed by atoms with Crippen molar-refractivity contribution in [3.05, 3.63) is 154 Å². The molecule has 5 aromatic rings. The van der Waals surface area contributed by atoms with E-state index in [1.165, 1.54) is 22.3 Å². The number of pyridine rings is 2. The number of hydrogen-bond donors (Lipinski definition) is 6. The topological polar surface area (TPSA) is 296 Å². The Balaban J connectivity index is 0.000000216. The van der Waals surface area contributed by atoms with Gasteiger partial charge in [-0.1, -0.05) is 103 Å². The van der Waals surface area contributed by atoms with E-state index in [0.29, 0.717) is 62.7 Å². The maximum absolute atomic E-state index is 13.2. The van der Waals surface area contributed by atoms with E-state index in [1.807, 2.05) is 105 Å². The van der Waals surface area contributed by atoms with E-state index < -0.39 is 65.5 Å². The van der Waals surface area contributed by atoms with E-state index in [-0.39, 0.29) is 47.6 Å². The third-order valence-electron chi connectivity index (χ3n) is 16.2. The van der Waals surface area contributed by atoms with Gasteiger partial charge in [-0.2, -0.15) is 0 Å². The fraction of sp³-hybridized carbons (Fsp3) is 0.478. The van der Waals surface area contributed by atoms with E-state index >= 15 is 0 Å². The number of anilines is 2. The molecule has 3 aromatic carbocycles. The average Bonchev–Trinajstić information content (AvgIpc) is 1.99. The number of carbonyl (C=O) groups is 8. The van der Waals surface area contributed by atoms with Crippen LogP contribution < -0.4 is 27.4 Å². The summed E-state index contributed by atoms with van der Waals surface area (Å²) >= 11 is 0. The zero-order chi connectivity index (χ0) is 65.3. The first kappa shape index (κ1) is 69.4. The van der Waals surface area contributed by atoms with Gasteiger partial charge in [0.2, 0.25) is 17.7 Å². The summed E-state index contributed by atoms with van der Waals surface area (Å²) in [6, 6.07) is 33.4. The number of carbonyl (C=O) groups excluding carboxylic acids is 7. The Morgan fingerprint density at radius 3 is 1.24 bits per heavy atom. The monoisotopic (exact) mass is 1220 g/mol. The lowest BCUT2D eigenvalue weighted by atomic mass is 9.96. The van der Waals surface area contributed by atoms with Crippen LogP contribution in [-0.2, 0) is 51.1 Å². The number of nitrogens with one attached hydrogen (secondary N) is 3. The Morgan fingerprint density at radius 2 is 0.876 bits per heavy atom. The number of nitrogen functional groups attached to an aromatic ring is 2. The van der Waals surface area contributed by atoms with E-state index in [4.69, 9.17) is 26.0 Å². The normalized spacial score (nSPS) is 19.8. The lowest BCUT2D eigenvalue weighted by Gasteiger charge is -2.28. The zero-order valence-corrected chi connectivity index (χ0v) is 53.4. The molecule has 9 atom stereocenters. The first-order valence-electron chi connectivity index (χ1n) is 30.7. The number of aryl methyl sites for hydroxylation is 4. The maximum atomic E-state index is 13.2. The van der Waals surface area contributed by atoms with Crippen LogP contribution in [0.4, 0.5) is 21.2 Å². The molecule has 2 aromatic heterocycles. The van der Waals surface area contributed by atoms with Gasteiger partial charge < -0.3 is 42.0 Å². The third-order valence-corrected chi connectivity index (χ3v) is 16.2. The third kappa shape index (κ3) is 21.0. The molecule has 1 saturated carbocycles. The van der Waals surface area contributed by atoms with Crippen molar-refractivity contribution >= 4 is 59.1 Å². The van der Waals surface area contributed by atoms with Gasteiger partial charge in [0.15, 0.2) is 11.6 Å². The van der Waals surface area contributed by atoms with Crippen LogP contribution in [0.1, 0.15) is 164 Å². The van der Waals surface area contributed by atoms with Crippen molar-refractivity contribution in [3.8, 4) is 0 Å². The minimum absolute atomic E-state index is 0.00427. The van der Waals surface area contributed by atoms with E-state index in [0.717, 1.165) is 52.9 Å². The lowest BCUT2D eigenvalue weighted by molar-refractivity contribution is -0.141. The van der Waals surface area contributed by atoms with Crippen LogP contribution in [0.3, 0.4) is 0 Å². The molecule has 8 N–H and O–H groups in total. The lowest BCUT2D eigenvalue weighted by Crippen LogP contribution is -2.50. The van der Waals surface area contributed by atoms with Crippen molar-refractivity contribution in [2.24, 2.45) is 5.92 Å². The fourth-order valence-electron chi connectivity index (χ4n) is 11.3. The second-order valence-corrected chi connectivity index (χ2v) is 25.5. The Morgan fingerprint density at radius 1 is 0.517 bits per heavy atom. The zero-order valence-electron chi connectivity index (χ0n) is 53.4. The van der Waals surface area contributed by atoms with Gasteiger partial charge in [0, 0.05) is 55.1 Å². The van der Waals surface area contributed by atoms with Gasteiger partial charge in [-0.15, -0.1) is 0 Å². The molecule has 0 spiro atoms. The number of aromatic nitrogens is 2. The number of amides is 5. The summed E-state index contributed by atoms with van der Waals surface area (Å²) in [4.78, 5) is 112. The number of rotatable bonds is 18. The molecular formula is C69H91N9O11. The SMILES string of the molecule is C[C@H](NC(=O)[C@H]1C[C@H](c2ccccc2)CN1C(=O)OC(C)(C)C)C(=O)O.Cc1nc(N)ccc1CCC(=O)[C@H](C)NC(=O)[C@@H]1CC[C@@H](c2ccccc2)C1.Cc1nc(N)ccc1CCC(=O)[C@H](C)NC(=O)[C@H]1C[C@H](c2ccccc2)CN1C(=O)OC(C)(C)C. The molecule has 478 valence electrons. The van der Waals surface area contributed by atoms with Gasteiger partial charge in [0.05, 0.1) is 12.1 Å². The summed E-state index contributed by atoms with van der Waals surface area (Å²) < 4.78 is 11.0. The highest BCUT2D eigenvalue weighted by molar-refractivity contribution is 5.93. The Bertz CT molecular complexity index is 3240. The highest BCUT2D eigenvalue weighted by Gasteiger charge is 2.44. The minimum atomic E-state index is -1.13. The number of nitrogens with zero attached hydrogens (tertiary/aromatic N) is 4. The molecule has 1 aliphatic carbocycles. The van der Waals surface area contributed by atoms with E-state index in [1.54, 1.807) is 67.5 Å². The number of ether oxygens (including phenoxy) is 2. The number of aliphatic carboxylic acids is 1. The molecule has 0 unspecified atom stereocenters. The van der Waals surface area contributed by atoms with Crippen LogP contribution in [0.25, 0.3) is 0 Å². The number of Topliss-reactive ketones (excluding diaryl/α,β-unsaturated/α-hetero) is 2. The summed E-state index contributed by atoms with van der Waals surface area (Å²) in [5, 5.41) is 17.2. The smallest absolute Gasteiger partial charge is 0.410 e. The van der Waals surface area contributed by atoms with Gasteiger partial charge in [-0.05, 0) is 167 Å². The molecule has 89 heavy (non-hydrogen) atoms. The highest BCUT2D eigenvalue weighted by atomic mass is 16.6. The molecule has 20 nitrogen and oxygen atoms in total. The second-order valence-electron chi connectivity index (χ2n) is 25.5. The Labute approximate surface area is 523 Å². The van der Waals surface area contributed by atoms with Crippen molar-refractivity contribution < 1.29 is 52.9 Å². The number of likely N-dealkylation sites (tertiary alicyclic amines) is 2. The van der Waals surface area contributed by atoms with E-state index in [2.05, 4.69) is 38.1 Å². The van der Waals surface area contributed by atoms with Gasteiger partial charge in [0.25, 0.3) is 0 Å². The predicted octanol–water partition coefficient (Wildman–Crippen LogP) is 9.70. The highest BCUT2D eigenvalue weighted by Crippen LogP contribution is 2.39. The number of hydrogen-bond acceptors (Lipinski definition) is 14. The van der Waals surface area contributed by atoms with Gasteiger partial charge in [0.1, 0.15) is 41.0 Å². The van der Waals surface area contributed by atoms with Crippen LogP contribution in [0.2, 0.25) is 0 Å². The Kier molecular flexibility index (Phi) is 24.6. The molecule has 20 heteroatoms. The Hall–Kier alpha value is -8.68. The molecule has 2 aliphatic heterocycles. The summed E-state index contributed by atoms with van der Waals surface area (Å²) in [6.45, 7) is 20.0. The van der Waals surface area contributed by atoms with Gasteiger partial charge in [-0.3, -0.25) is 38.6 Å². The quantitative estimate of drug-likeness (QED) is 0.0476. The number of ketones is 2. The molecule has 0 bridgehead atoms. The molecule has 5 amide bonds. The average molecular weight is 1220 g/mol. The van der Waals surface area contributed by atoms with Crippen LogP contribution in [-0.4, -0.2) is 127 Å². The second kappa shape index (κ2) is 31.5. The molecule has 2 saturated heterocycles. The minimum Gasteiger partial charge on any atom is -0.480 e. The number of benzene rings is 3. The van der Waals surface area contributed by atoms with Crippen molar-refractivity contribution in [2.45, 2.75) is 193 Å². The molecule has 3 fully saturated rings. The van der Waals surface area contributed by atoms with Crippen molar-refractivity contribution in [1.29, 1.82) is 0 Å². The number of carboxylic acid groups (broad SMARTS) is 1. The fourth-order valence-corrected chi connectivity index (χ4v) is 11.3. The summed E-state index contributed by atoms with van der Waals surface area (Å²) in [5.74, 6) is -0.650. The standard InChI is InChI=1S/C27H36N4O4.C23H29N3O2.C19H26N2O5/c1-17-19(12-14-24(28)29-17)11-13-23(32)18(2)30-25(33)22-15-21(20-9-7-6-8-10-20)16-31(22)26(34)35-27(3,4)5;1-15-17(11-13-22(24)25-15)10-12-21(27)16(2)26-23(28)20-9-8-19(14-20)18-6-4-3-5-7-18;1-12(17(23)24)20-16(22)15-10-14(13-8-6-5-7-9-13)11-21(15)18(25)26-19(2,3)4/h6-10,12,14,18,21-22H,11,13,15-16H2,1-5H3,(H2,28,29)(H,30,33);3-7,11,13,16,19-20H,8-10,12,14H2,1-2H3,(H2,24,25)(H,26,28);5-9,12,14-15H,10-11H2,1-4H3,(H,20,22)(H,23,24)/t18-,21-,22+;16-,19+,20+;12-,14-,15+/m000/s1. The summed E-state index contributed by atoms with van der Waals surface area (Å²) in [7, 11) is 0. The maximum Gasteiger partial charge on any atom is 0.410 e. The summed E-state index contributed by atoms with van der Waals surface area (Å²) in [5.41, 5.74) is 17.0. The van der Waals surface area contributed by atoms with Gasteiger partial charge >= 0.3 is 18.2 Å². The largest absolute Gasteiger partial charge is 0.480 e. The van der Waals surface area contributed by atoms with Crippen LogP contribution in [0.15, 0.2) is 115 Å². The molecule has 0 radical (unpaired) electrons. The first-order chi connectivity index (χ1) is 42.0. The van der Waals surface area contributed by atoms with Crippen LogP contribution in [0, 0.1) is 19.8 Å². The predicted molar refractivity (Wildman–Crippen MR) is 341 cm³/mol.